The second kappa shape index (κ2) is 6.95. The van der Waals surface area contributed by atoms with E-state index in [4.69, 9.17) is 14.4 Å². The van der Waals surface area contributed by atoms with Crippen molar-refractivity contribution in [2.75, 3.05) is 13.7 Å². The predicted octanol–water partition coefficient (Wildman–Crippen LogP) is 1.97. The van der Waals surface area contributed by atoms with Crippen molar-refractivity contribution in [3.63, 3.8) is 0 Å². The molecular formula is C16H18N2O5. The molecule has 7 nitrogen and oxygen atoms in total. The number of carboxylic acids is 1. The second-order valence-electron chi connectivity index (χ2n) is 5.04. The van der Waals surface area contributed by atoms with Crippen LogP contribution in [-0.2, 0) is 6.42 Å². The summed E-state index contributed by atoms with van der Waals surface area (Å²) in [6.45, 7) is 3.77. The molecule has 2 N–H and O–H groups in total. The number of carboxylic acid groups (broad SMARTS) is 1. The largest absolute Gasteiger partial charge is 0.496 e. The predicted molar refractivity (Wildman–Crippen MR) is 82.0 cm³/mol. The summed E-state index contributed by atoms with van der Waals surface area (Å²) in [5, 5.41) is 15.5. The van der Waals surface area contributed by atoms with Gasteiger partial charge in [-0.05, 0) is 38.0 Å². The van der Waals surface area contributed by atoms with Crippen LogP contribution in [0.3, 0.4) is 0 Å². The maximum atomic E-state index is 12.1. The summed E-state index contributed by atoms with van der Waals surface area (Å²) >= 11 is 0. The molecule has 0 atom stereocenters. The number of amides is 1. The molecule has 7 heteroatoms. The average molecular weight is 318 g/mol. The van der Waals surface area contributed by atoms with Crippen molar-refractivity contribution in [1.82, 2.24) is 10.5 Å². The van der Waals surface area contributed by atoms with E-state index in [1.165, 1.54) is 19.2 Å². The van der Waals surface area contributed by atoms with Crippen molar-refractivity contribution >= 4 is 11.9 Å². The molecule has 0 spiro atoms. The number of rotatable bonds is 6. The zero-order valence-corrected chi connectivity index (χ0v) is 13.2. The van der Waals surface area contributed by atoms with E-state index in [0.29, 0.717) is 35.7 Å². The molecule has 0 bridgehead atoms. The first kappa shape index (κ1) is 16.5. The molecule has 1 amide bonds. The quantitative estimate of drug-likeness (QED) is 0.844. The van der Waals surface area contributed by atoms with Gasteiger partial charge in [0.05, 0.1) is 18.4 Å². The van der Waals surface area contributed by atoms with Crippen LogP contribution in [0.15, 0.2) is 22.7 Å². The number of hydrogen-bond acceptors (Lipinski definition) is 5. The Balaban J connectivity index is 2.01. The lowest BCUT2D eigenvalue weighted by molar-refractivity contribution is 0.0696. The van der Waals surface area contributed by atoms with Crippen LogP contribution < -0.4 is 10.1 Å². The van der Waals surface area contributed by atoms with Crippen molar-refractivity contribution in [3.8, 4) is 5.75 Å². The molecule has 0 saturated carbocycles. The van der Waals surface area contributed by atoms with Gasteiger partial charge in [-0.15, -0.1) is 0 Å². The van der Waals surface area contributed by atoms with Crippen LogP contribution in [0.25, 0.3) is 0 Å². The van der Waals surface area contributed by atoms with Gasteiger partial charge in [0.1, 0.15) is 17.1 Å². The third-order valence-electron chi connectivity index (χ3n) is 3.47. The fourth-order valence-corrected chi connectivity index (χ4v) is 2.29. The van der Waals surface area contributed by atoms with E-state index >= 15 is 0 Å². The Kier molecular flexibility index (Phi) is 5.00. The molecule has 0 unspecified atom stereocenters. The Hall–Kier alpha value is -2.83. The van der Waals surface area contributed by atoms with Crippen LogP contribution in [0.4, 0.5) is 0 Å². The van der Waals surface area contributed by atoms with E-state index in [1.807, 2.05) is 0 Å². The lowest BCUT2D eigenvalue weighted by Crippen LogP contribution is -2.26. The number of nitrogens with zero attached hydrogens (tertiary/aromatic N) is 1. The first-order valence-corrected chi connectivity index (χ1v) is 7.05. The highest BCUT2D eigenvalue weighted by Gasteiger charge is 2.17. The maximum Gasteiger partial charge on any atom is 0.335 e. The number of nitrogens with one attached hydrogen (secondary N) is 1. The number of aromatic nitrogens is 1. The Labute approximate surface area is 133 Å². The monoisotopic (exact) mass is 318 g/mol. The molecule has 1 heterocycles. The number of methoxy groups -OCH3 is 1. The zero-order chi connectivity index (χ0) is 17.0. The van der Waals surface area contributed by atoms with E-state index in [-0.39, 0.29) is 11.5 Å². The van der Waals surface area contributed by atoms with E-state index in [0.717, 1.165) is 5.56 Å². The van der Waals surface area contributed by atoms with E-state index in [9.17, 15) is 9.59 Å². The molecule has 122 valence electrons. The normalized spacial score (nSPS) is 10.4. The summed E-state index contributed by atoms with van der Waals surface area (Å²) in [6, 6.07) is 4.66. The molecular weight excluding hydrogens is 300 g/mol. The van der Waals surface area contributed by atoms with Crippen LogP contribution in [0.2, 0.25) is 0 Å². The molecule has 23 heavy (non-hydrogen) atoms. The minimum absolute atomic E-state index is 0.158. The topological polar surface area (TPSA) is 102 Å². The van der Waals surface area contributed by atoms with Crippen LogP contribution in [0, 0.1) is 13.8 Å². The zero-order valence-electron chi connectivity index (χ0n) is 13.2. The second-order valence-corrected chi connectivity index (χ2v) is 5.04. The lowest BCUT2D eigenvalue weighted by atomic mass is 10.1. The summed E-state index contributed by atoms with van der Waals surface area (Å²) in [7, 11) is 1.48. The highest BCUT2D eigenvalue weighted by atomic mass is 16.5. The number of ether oxygens (including phenoxy) is 1. The molecule has 2 aromatic rings. The smallest absolute Gasteiger partial charge is 0.335 e. The van der Waals surface area contributed by atoms with Crippen LogP contribution in [0.5, 0.6) is 5.75 Å². The van der Waals surface area contributed by atoms with E-state index < -0.39 is 5.97 Å². The minimum Gasteiger partial charge on any atom is -0.496 e. The Bertz CT molecular complexity index is 717. The van der Waals surface area contributed by atoms with Gasteiger partial charge >= 0.3 is 5.97 Å². The van der Waals surface area contributed by atoms with Gasteiger partial charge in [0, 0.05) is 6.54 Å². The van der Waals surface area contributed by atoms with Gasteiger partial charge in [-0.3, -0.25) is 4.79 Å². The average Bonchev–Trinajstić information content (AvgIpc) is 2.86. The third kappa shape index (κ3) is 3.68. The van der Waals surface area contributed by atoms with Crippen molar-refractivity contribution in [3.05, 3.63) is 46.3 Å². The SMILES string of the molecule is COc1cc(C(=O)O)ccc1CCNC(=O)c1c(C)noc1C. The molecule has 0 aliphatic rings. The lowest BCUT2D eigenvalue weighted by Gasteiger charge is -2.10. The third-order valence-corrected chi connectivity index (χ3v) is 3.47. The molecule has 0 aliphatic heterocycles. The maximum absolute atomic E-state index is 12.1. The summed E-state index contributed by atoms with van der Waals surface area (Å²) in [5.41, 5.74) is 1.96. The van der Waals surface area contributed by atoms with Gasteiger partial charge in [0.25, 0.3) is 5.91 Å². The molecule has 0 saturated heterocycles. The first-order valence-electron chi connectivity index (χ1n) is 7.05. The highest BCUT2D eigenvalue weighted by Crippen LogP contribution is 2.21. The summed E-state index contributed by atoms with van der Waals surface area (Å²) in [5.74, 6) is -0.302. The number of aromatic carboxylic acids is 1. The van der Waals surface area contributed by atoms with Gasteiger partial charge in [0.15, 0.2) is 0 Å². The van der Waals surface area contributed by atoms with Gasteiger partial charge in [-0.2, -0.15) is 0 Å². The fourth-order valence-electron chi connectivity index (χ4n) is 2.29. The Morgan fingerprint density at radius 3 is 2.65 bits per heavy atom. The number of carbonyl (C=O) groups excluding carboxylic acids is 1. The van der Waals surface area contributed by atoms with E-state index in [2.05, 4.69) is 10.5 Å². The van der Waals surface area contributed by atoms with Gasteiger partial charge in [0.2, 0.25) is 0 Å². The van der Waals surface area contributed by atoms with Crippen molar-refractivity contribution < 1.29 is 24.0 Å². The molecule has 0 fully saturated rings. The first-order chi connectivity index (χ1) is 10.9. The van der Waals surface area contributed by atoms with Gasteiger partial charge in [-0.25, -0.2) is 4.79 Å². The summed E-state index contributed by atoms with van der Waals surface area (Å²) < 4.78 is 10.2. The van der Waals surface area contributed by atoms with Crippen LogP contribution in [-0.4, -0.2) is 35.8 Å². The molecule has 0 aliphatic carbocycles. The van der Waals surface area contributed by atoms with Crippen LogP contribution >= 0.6 is 0 Å². The molecule has 1 aromatic carbocycles. The van der Waals surface area contributed by atoms with Crippen molar-refractivity contribution in [2.45, 2.75) is 20.3 Å². The van der Waals surface area contributed by atoms with Gasteiger partial charge in [-0.1, -0.05) is 11.2 Å². The Morgan fingerprint density at radius 1 is 1.35 bits per heavy atom. The standard InChI is InChI=1S/C16H18N2O5/c1-9-14(10(2)23-18-9)15(19)17-7-6-11-4-5-12(16(20)21)8-13(11)22-3/h4-5,8H,6-7H2,1-3H3,(H,17,19)(H,20,21). The molecule has 0 radical (unpaired) electrons. The van der Waals surface area contributed by atoms with Crippen molar-refractivity contribution in [2.24, 2.45) is 0 Å². The fraction of sp³-hybridized carbons (Fsp3) is 0.312. The number of carbonyl (C=O) groups is 2. The number of aryl methyl sites for hydroxylation is 2. The molecule has 1 aromatic heterocycles. The number of hydrogen-bond donors (Lipinski definition) is 2. The van der Waals surface area contributed by atoms with Crippen molar-refractivity contribution in [1.29, 1.82) is 0 Å². The van der Waals surface area contributed by atoms with Gasteiger partial charge < -0.3 is 19.7 Å². The Morgan fingerprint density at radius 2 is 2.09 bits per heavy atom. The highest BCUT2D eigenvalue weighted by molar-refractivity contribution is 5.96. The minimum atomic E-state index is -1.01. The summed E-state index contributed by atoms with van der Waals surface area (Å²) in [6.07, 6.45) is 0.512. The molecule has 2 rings (SSSR count). The number of benzene rings is 1. The van der Waals surface area contributed by atoms with Crippen LogP contribution in [0.1, 0.15) is 37.7 Å². The summed E-state index contributed by atoms with van der Waals surface area (Å²) in [4.78, 5) is 23.1. The van der Waals surface area contributed by atoms with E-state index in [1.54, 1.807) is 19.9 Å².